The molecular weight excluding hydrogens is 288 g/mol. The Kier molecular flexibility index (Phi) is 5.81. The van der Waals surface area contributed by atoms with Gasteiger partial charge in [0.25, 0.3) is 0 Å². The van der Waals surface area contributed by atoms with Crippen LogP contribution in [0.15, 0.2) is 42.6 Å². The van der Waals surface area contributed by atoms with Crippen molar-refractivity contribution in [3.05, 3.63) is 59.4 Å². The molecule has 0 radical (unpaired) electrons. The van der Waals surface area contributed by atoms with E-state index >= 15 is 0 Å². The number of hydrogen-bond acceptors (Lipinski definition) is 2. The van der Waals surface area contributed by atoms with Crippen molar-refractivity contribution in [2.75, 3.05) is 0 Å². The van der Waals surface area contributed by atoms with Gasteiger partial charge in [0.15, 0.2) is 0 Å². The molecule has 2 amide bonds. The molecule has 2 aromatic rings. The first-order valence-electron chi connectivity index (χ1n) is 7.72. The predicted octanol–water partition coefficient (Wildman–Crippen LogP) is 2.72. The van der Waals surface area contributed by atoms with Gasteiger partial charge in [0.1, 0.15) is 0 Å². The average molecular weight is 310 g/mol. The zero-order chi connectivity index (χ0) is 16.7. The van der Waals surface area contributed by atoms with Crippen LogP contribution >= 0.6 is 0 Å². The van der Waals surface area contributed by atoms with Gasteiger partial charge in [-0.1, -0.05) is 12.1 Å². The van der Waals surface area contributed by atoms with Crippen molar-refractivity contribution in [2.24, 2.45) is 7.05 Å². The molecule has 0 aliphatic carbocycles. The lowest BCUT2D eigenvalue weighted by molar-refractivity contribution is 0.236. The van der Waals surface area contributed by atoms with Gasteiger partial charge in [-0.15, -0.1) is 0 Å². The minimum absolute atomic E-state index is 0.0929. The highest BCUT2D eigenvalue weighted by molar-refractivity contribution is 5.74. The standard InChI is InChI=1S/C18H22N4O/c1-14(8-9-17-7-4-10-22(17)2)21-18(23)20-13-16-6-3-5-15(11-16)12-19/h3-7,10-11,14H,8-9,13H2,1-2H3,(H2,20,21,23)/t14-/m1/s1. The van der Waals surface area contributed by atoms with Crippen LogP contribution in [-0.4, -0.2) is 16.6 Å². The molecule has 0 aliphatic rings. The molecule has 0 spiro atoms. The van der Waals surface area contributed by atoms with Crippen molar-refractivity contribution in [3.63, 3.8) is 0 Å². The molecule has 1 atom stereocenters. The van der Waals surface area contributed by atoms with Crippen LogP contribution < -0.4 is 10.6 Å². The minimum Gasteiger partial charge on any atom is -0.354 e. The van der Waals surface area contributed by atoms with Crippen LogP contribution in [0.25, 0.3) is 0 Å². The highest BCUT2D eigenvalue weighted by atomic mass is 16.2. The Balaban J connectivity index is 1.73. The first kappa shape index (κ1) is 16.6. The Hall–Kier alpha value is -2.74. The molecule has 23 heavy (non-hydrogen) atoms. The van der Waals surface area contributed by atoms with Crippen LogP contribution in [0.2, 0.25) is 0 Å². The molecule has 0 saturated carbocycles. The molecule has 1 aromatic heterocycles. The Morgan fingerprint density at radius 1 is 1.35 bits per heavy atom. The molecule has 2 N–H and O–H groups in total. The van der Waals surface area contributed by atoms with E-state index in [1.807, 2.05) is 38.4 Å². The number of carbonyl (C=O) groups is 1. The van der Waals surface area contributed by atoms with Gasteiger partial charge in [0, 0.05) is 31.5 Å². The van der Waals surface area contributed by atoms with Gasteiger partial charge in [0.05, 0.1) is 11.6 Å². The lowest BCUT2D eigenvalue weighted by Crippen LogP contribution is -2.40. The summed E-state index contributed by atoms with van der Waals surface area (Å²) in [6, 6.07) is 13.3. The summed E-state index contributed by atoms with van der Waals surface area (Å²) in [4.78, 5) is 11.9. The normalized spacial score (nSPS) is 11.5. The smallest absolute Gasteiger partial charge is 0.315 e. The highest BCUT2D eigenvalue weighted by Gasteiger charge is 2.08. The summed E-state index contributed by atoms with van der Waals surface area (Å²) in [6.45, 7) is 2.41. The third kappa shape index (κ3) is 5.19. The zero-order valence-electron chi connectivity index (χ0n) is 13.5. The number of amides is 2. The highest BCUT2D eigenvalue weighted by Crippen LogP contribution is 2.06. The Morgan fingerprint density at radius 3 is 2.87 bits per heavy atom. The van der Waals surface area contributed by atoms with Crippen molar-refractivity contribution in [3.8, 4) is 6.07 Å². The van der Waals surface area contributed by atoms with E-state index in [0.29, 0.717) is 12.1 Å². The molecule has 5 nitrogen and oxygen atoms in total. The number of aromatic nitrogens is 1. The van der Waals surface area contributed by atoms with Crippen LogP contribution in [0.3, 0.4) is 0 Å². The first-order chi connectivity index (χ1) is 11.1. The van der Waals surface area contributed by atoms with Crippen molar-refractivity contribution in [1.82, 2.24) is 15.2 Å². The molecule has 0 saturated heterocycles. The van der Waals surface area contributed by atoms with E-state index < -0.39 is 0 Å². The fourth-order valence-corrected chi connectivity index (χ4v) is 2.40. The number of carbonyl (C=O) groups excluding carboxylic acids is 1. The van der Waals surface area contributed by atoms with Gasteiger partial charge in [-0.2, -0.15) is 5.26 Å². The summed E-state index contributed by atoms with van der Waals surface area (Å²) in [5, 5.41) is 14.6. The molecule has 0 fully saturated rings. The summed E-state index contributed by atoms with van der Waals surface area (Å²) in [6.07, 6.45) is 3.83. The van der Waals surface area contributed by atoms with Crippen LogP contribution in [0.5, 0.6) is 0 Å². The van der Waals surface area contributed by atoms with Gasteiger partial charge in [-0.05, 0) is 49.6 Å². The molecule has 120 valence electrons. The summed E-state index contributed by atoms with van der Waals surface area (Å²) in [5.74, 6) is 0. The molecule has 0 bridgehead atoms. The zero-order valence-corrected chi connectivity index (χ0v) is 13.5. The van der Waals surface area contributed by atoms with E-state index in [1.54, 1.807) is 12.1 Å². The second-order valence-corrected chi connectivity index (χ2v) is 5.69. The number of urea groups is 1. The maximum Gasteiger partial charge on any atom is 0.315 e. The topological polar surface area (TPSA) is 69.8 Å². The van der Waals surface area contributed by atoms with Crippen LogP contribution in [-0.2, 0) is 20.0 Å². The lowest BCUT2D eigenvalue weighted by atomic mass is 10.1. The van der Waals surface area contributed by atoms with E-state index in [9.17, 15) is 4.79 Å². The first-order valence-corrected chi connectivity index (χ1v) is 7.72. The Labute approximate surface area is 136 Å². The molecule has 2 rings (SSSR count). The molecule has 1 aromatic carbocycles. The van der Waals surface area contributed by atoms with Crippen molar-refractivity contribution >= 4 is 6.03 Å². The van der Waals surface area contributed by atoms with Crippen LogP contribution in [0.4, 0.5) is 4.79 Å². The SMILES string of the molecule is C[C@H](CCc1cccn1C)NC(=O)NCc1cccc(C#N)c1. The van der Waals surface area contributed by atoms with Crippen LogP contribution in [0.1, 0.15) is 30.2 Å². The number of nitriles is 1. The summed E-state index contributed by atoms with van der Waals surface area (Å²) >= 11 is 0. The molecular formula is C18H22N4O. The van der Waals surface area contributed by atoms with Crippen LogP contribution in [0, 0.1) is 11.3 Å². The summed E-state index contributed by atoms with van der Waals surface area (Å²) in [7, 11) is 2.02. The number of nitrogens with zero attached hydrogens (tertiary/aromatic N) is 2. The third-order valence-electron chi connectivity index (χ3n) is 3.77. The average Bonchev–Trinajstić information content (AvgIpc) is 2.96. The second kappa shape index (κ2) is 8.04. The quantitative estimate of drug-likeness (QED) is 0.861. The Morgan fingerprint density at radius 2 is 2.17 bits per heavy atom. The van der Waals surface area contributed by atoms with E-state index in [-0.39, 0.29) is 12.1 Å². The van der Waals surface area contributed by atoms with Crippen molar-refractivity contribution in [2.45, 2.75) is 32.4 Å². The minimum atomic E-state index is -0.188. The largest absolute Gasteiger partial charge is 0.354 e. The Bertz CT molecular complexity index is 699. The number of rotatable bonds is 6. The predicted molar refractivity (Wildman–Crippen MR) is 89.7 cm³/mol. The summed E-state index contributed by atoms with van der Waals surface area (Å²) < 4.78 is 2.09. The van der Waals surface area contributed by atoms with E-state index in [2.05, 4.69) is 27.3 Å². The monoisotopic (exact) mass is 310 g/mol. The van der Waals surface area contributed by atoms with Gasteiger partial charge in [-0.25, -0.2) is 4.79 Å². The van der Waals surface area contributed by atoms with Crippen molar-refractivity contribution in [1.29, 1.82) is 5.26 Å². The molecule has 5 heteroatoms. The molecule has 1 heterocycles. The lowest BCUT2D eigenvalue weighted by Gasteiger charge is -2.15. The maximum atomic E-state index is 11.9. The maximum absolute atomic E-state index is 11.9. The number of aryl methyl sites for hydroxylation is 2. The second-order valence-electron chi connectivity index (χ2n) is 5.69. The third-order valence-corrected chi connectivity index (χ3v) is 3.77. The molecule has 0 unspecified atom stereocenters. The fraction of sp³-hybridized carbons (Fsp3) is 0.333. The molecule has 0 aliphatic heterocycles. The van der Waals surface area contributed by atoms with Gasteiger partial charge in [0.2, 0.25) is 0 Å². The van der Waals surface area contributed by atoms with Crippen molar-refractivity contribution < 1.29 is 4.79 Å². The summed E-state index contributed by atoms with van der Waals surface area (Å²) in [5.41, 5.74) is 2.77. The number of hydrogen-bond donors (Lipinski definition) is 2. The number of benzene rings is 1. The number of nitrogens with one attached hydrogen (secondary N) is 2. The fourth-order valence-electron chi connectivity index (χ4n) is 2.40. The van der Waals surface area contributed by atoms with E-state index in [0.717, 1.165) is 18.4 Å². The van der Waals surface area contributed by atoms with E-state index in [4.69, 9.17) is 5.26 Å². The van der Waals surface area contributed by atoms with Gasteiger partial charge in [-0.3, -0.25) is 0 Å². The van der Waals surface area contributed by atoms with Gasteiger partial charge < -0.3 is 15.2 Å². The van der Waals surface area contributed by atoms with E-state index in [1.165, 1.54) is 5.69 Å². The van der Waals surface area contributed by atoms with Gasteiger partial charge >= 0.3 is 6.03 Å².